The van der Waals surface area contributed by atoms with Crippen LogP contribution in [0.4, 0.5) is 11.4 Å². The molecule has 0 saturated heterocycles. The fourth-order valence-electron chi connectivity index (χ4n) is 2.01. The first-order chi connectivity index (χ1) is 10.7. The Morgan fingerprint density at radius 2 is 2.00 bits per heavy atom. The van der Waals surface area contributed by atoms with Gasteiger partial charge >= 0.3 is 0 Å². The number of nitroso groups, excluding NO2 is 1. The molecule has 0 atom stereocenters. The molecule has 0 saturated carbocycles. The van der Waals surface area contributed by atoms with Crippen LogP contribution >= 0.6 is 0 Å². The van der Waals surface area contributed by atoms with Gasteiger partial charge in [-0.25, -0.2) is 0 Å². The van der Waals surface area contributed by atoms with Crippen LogP contribution in [0.3, 0.4) is 0 Å². The maximum Gasteiger partial charge on any atom is 0.132 e. The highest BCUT2D eigenvalue weighted by molar-refractivity contribution is 5.67. The molecule has 0 aliphatic carbocycles. The van der Waals surface area contributed by atoms with Crippen molar-refractivity contribution in [2.45, 2.75) is 6.54 Å². The Balaban J connectivity index is 2.20. The van der Waals surface area contributed by atoms with Crippen molar-refractivity contribution in [2.24, 2.45) is 5.18 Å². The molecule has 0 bridgehead atoms. The Morgan fingerprint density at radius 3 is 2.64 bits per heavy atom. The van der Waals surface area contributed by atoms with Gasteiger partial charge in [-0.2, -0.15) is 5.26 Å². The maximum absolute atomic E-state index is 10.9. The maximum atomic E-state index is 10.9. The van der Waals surface area contributed by atoms with E-state index < -0.39 is 0 Å². The summed E-state index contributed by atoms with van der Waals surface area (Å²) >= 11 is 0. The molecule has 1 N–H and O–H groups in total. The van der Waals surface area contributed by atoms with Crippen LogP contribution in [0.5, 0.6) is 11.5 Å². The summed E-state index contributed by atoms with van der Waals surface area (Å²) in [7, 11) is 3.17. The molecule has 2 rings (SSSR count). The minimum Gasteiger partial charge on any atom is -0.497 e. The number of hydrogen-bond acceptors (Lipinski definition) is 6. The van der Waals surface area contributed by atoms with E-state index in [0.29, 0.717) is 29.3 Å². The van der Waals surface area contributed by atoms with E-state index in [9.17, 15) is 4.91 Å². The zero-order valence-corrected chi connectivity index (χ0v) is 12.3. The average molecular weight is 297 g/mol. The van der Waals surface area contributed by atoms with Crippen molar-refractivity contribution in [2.75, 3.05) is 19.5 Å². The average Bonchev–Trinajstić information content (AvgIpc) is 2.59. The summed E-state index contributed by atoms with van der Waals surface area (Å²) in [6.45, 7) is 0.446. The summed E-state index contributed by atoms with van der Waals surface area (Å²) < 4.78 is 10.5. The summed E-state index contributed by atoms with van der Waals surface area (Å²) in [6.07, 6.45) is 0. The number of rotatable bonds is 6. The predicted molar refractivity (Wildman–Crippen MR) is 83.5 cm³/mol. The Kier molecular flexibility index (Phi) is 4.94. The van der Waals surface area contributed by atoms with E-state index in [4.69, 9.17) is 14.7 Å². The van der Waals surface area contributed by atoms with E-state index in [0.717, 1.165) is 5.56 Å². The van der Waals surface area contributed by atoms with Crippen LogP contribution in [0.25, 0.3) is 0 Å². The number of benzene rings is 2. The fourth-order valence-corrected chi connectivity index (χ4v) is 2.01. The van der Waals surface area contributed by atoms with Gasteiger partial charge in [-0.1, -0.05) is 0 Å². The molecule has 0 unspecified atom stereocenters. The quantitative estimate of drug-likeness (QED) is 0.824. The normalized spacial score (nSPS) is 9.68. The molecular weight excluding hydrogens is 282 g/mol. The largest absolute Gasteiger partial charge is 0.497 e. The number of nitrogens with zero attached hydrogens (tertiary/aromatic N) is 2. The van der Waals surface area contributed by atoms with Gasteiger partial charge in [0, 0.05) is 18.2 Å². The molecule has 0 heterocycles. The van der Waals surface area contributed by atoms with E-state index in [1.165, 1.54) is 6.07 Å². The minimum absolute atomic E-state index is 0.200. The van der Waals surface area contributed by atoms with Crippen LogP contribution in [0.1, 0.15) is 11.1 Å². The molecule has 6 heteroatoms. The number of ether oxygens (including phenoxy) is 2. The first-order valence-corrected chi connectivity index (χ1v) is 6.54. The van der Waals surface area contributed by atoms with Gasteiger partial charge in [0.05, 0.1) is 31.5 Å². The van der Waals surface area contributed by atoms with Crippen LogP contribution < -0.4 is 14.8 Å². The zero-order chi connectivity index (χ0) is 15.9. The topological polar surface area (TPSA) is 83.7 Å². The highest BCUT2D eigenvalue weighted by Crippen LogP contribution is 2.29. The lowest BCUT2D eigenvalue weighted by Crippen LogP contribution is -2.02. The van der Waals surface area contributed by atoms with Gasteiger partial charge < -0.3 is 14.8 Å². The fraction of sp³-hybridized carbons (Fsp3) is 0.188. The third-order valence-corrected chi connectivity index (χ3v) is 3.19. The smallest absolute Gasteiger partial charge is 0.132 e. The lowest BCUT2D eigenvalue weighted by molar-refractivity contribution is 0.391. The number of methoxy groups -OCH3 is 2. The second-order valence-corrected chi connectivity index (χ2v) is 4.47. The second kappa shape index (κ2) is 7.09. The molecule has 0 amide bonds. The van der Waals surface area contributed by atoms with Crippen molar-refractivity contribution in [3.8, 4) is 17.6 Å². The lowest BCUT2D eigenvalue weighted by atomic mass is 10.1. The molecule has 22 heavy (non-hydrogen) atoms. The third kappa shape index (κ3) is 3.33. The summed E-state index contributed by atoms with van der Waals surface area (Å²) in [6, 6.07) is 12.2. The summed E-state index contributed by atoms with van der Waals surface area (Å²) in [5.74, 6) is 1.38. The van der Waals surface area contributed by atoms with Crippen molar-refractivity contribution >= 4 is 11.4 Å². The summed E-state index contributed by atoms with van der Waals surface area (Å²) in [4.78, 5) is 10.9. The molecule has 0 aliphatic heterocycles. The Hall–Kier alpha value is -3.07. The first kappa shape index (κ1) is 15.3. The van der Waals surface area contributed by atoms with Crippen molar-refractivity contribution in [3.63, 3.8) is 0 Å². The summed E-state index contributed by atoms with van der Waals surface area (Å²) in [5.41, 5.74) is 2.06. The van der Waals surface area contributed by atoms with Gasteiger partial charge in [0.2, 0.25) is 0 Å². The second-order valence-electron chi connectivity index (χ2n) is 4.47. The molecular formula is C16H15N3O3. The third-order valence-electron chi connectivity index (χ3n) is 3.19. The van der Waals surface area contributed by atoms with Crippen LogP contribution in [-0.2, 0) is 6.54 Å². The summed E-state index contributed by atoms with van der Waals surface area (Å²) in [5, 5.41) is 14.9. The number of anilines is 1. The zero-order valence-electron chi connectivity index (χ0n) is 12.3. The number of nitrogens with one attached hydrogen (secondary N) is 1. The van der Waals surface area contributed by atoms with E-state index >= 15 is 0 Å². The Bertz CT molecular complexity index is 723. The van der Waals surface area contributed by atoms with Gasteiger partial charge in [0.25, 0.3) is 0 Å². The first-order valence-electron chi connectivity index (χ1n) is 6.54. The number of nitriles is 1. The molecule has 112 valence electrons. The molecule has 0 aliphatic rings. The van der Waals surface area contributed by atoms with Gasteiger partial charge in [-0.3, -0.25) is 0 Å². The molecule has 2 aromatic rings. The molecule has 0 spiro atoms. The molecule has 2 aromatic carbocycles. The van der Waals surface area contributed by atoms with E-state index in [2.05, 4.69) is 10.5 Å². The van der Waals surface area contributed by atoms with Crippen LogP contribution in [0.15, 0.2) is 41.6 Å². The van der Waals surface area contributed by atoms with E-state index in [-0.39, 0.29) is 5.69 Å². The van der Waals surface area contributed by atoms with Crippen LogP contribution in [0.2, 0.25) is 0 Å². The van der Waals surface area contributed by atoms with Crippen LogP contribution in [0, 0.1) is 16.2 Å². The molecule has 0 aromatic heterocycles. The minimum atomic E-state index is 0.200. The standard InChI is InChI=1S/C16H15N3O3/c1-21-13-5-4-12(16(8-13)22-2)10-18-14-6-3-11(9-17)7-15(14)19-20/h3-8,18H,10H2,1-2H3. The highest BCUT2D eigenvalue weighted by atomic mass is 16.5. The van der Waals surface area contributed by atoms with Crippen molar-refractivity contribution in [1.82, 2.24) is 0 Å². The van der Waals surface area contributed by atoms with Crippen molar-refractivity contribution < 1.29 is 9.47 Å². The van der Waals surface area contributed by atoms with Gasteiger partial charge in [-0.05, 0) is 35.5 Å². The molecule has 0 fully saturated rings. The predicted octanol–water partition coefficient (Wildman–Crippen LogP) is 3.59. The van der Waals surface area contributed by atoms with Gasteiger partial charge in [0.1, 0.15) is 17.2 Å². The monoisotopic (exact) mass is 297 g/mol. The Morgan fingerprint density at radius 1 is 1.18 bits per heavy atom. The van der Waals surface area contributed by atoms with Crippen molar-refractivity contribution in [1.29, 1.82) is 5.26 Å². The highest BCUT2D eigenvalue weighted by Gasteiger charge is 2.08. The van der Waals surface area contributed by atoms with Crippen LogP contribution in [-0.4, -0.2) is 14.2 Å². The van der Waals surface area contributed by atoms with E-state index in [1.54, 1.807) is 32.4 Å². The molecule has 0 radical (unpaired) electrons. The van der Waals surface area contributed by atoms with Crippen molar-refractivity contribution in [3.05, 3.63) is 52.4 Å². The van der Waals surface area contributed by atoms with E-state index in [1.807, 2.05) is 18.2 Å². The lowest BCUT2D eigenvalue weighted by Gasteiger charge is -2.12. The number of hydrogen-bond donors (Lipinski definition) is 1. The Labute approximate surface area is 128 Å². The molecule has 6 nitrogen and oxygen atoms in total. The van der Waals surface area contributed by atoms with Gasteiger partial charge in [0.15, 0.2) is 0 Å². The van der Waals surface area contributed by atoms with Gasteiger partial charge in [-0.15, -0.1) is 4.91 Å². The SMILES string of the molecule is COc1ccc(CNc2ccc(C#N)cc2N=O)c(OC)c1.